The molecule has 0 bridgehead atoms. The van der Waals surface area contributed by atoms with Crippen LogP contribution in [0.1, 0.15) is 10.5 Å². The smallest absolute Gasteiger partial charge is 0.271 e. The number of anilines is 1. The maximum Gasteiger partial charge on any atom is 0.271 e. The zero-order chi connectivity index (χ0) is 13.0. The lowest BCUT2D eigenvalue weighted by Crippen LogP contribution is -2.19. The summed E-state index contributed by atoms with van der Waals surface area (Å²) >= 11 is 1.30. The summed E-state index contributed by atoms with van der Waals surface area (Å²) < 4.78 is 0. The van der Waals surface area contributed by atoms with Gasteiger partial charge in [-0.25, -0.2) is 4.98 Å². The van der Waals surface area contributed by atoms with Gasteiger partial charge in [0.25, 0.3) is 5.91 Å². The Kier molecular flexibility index (Phi) is 3.73. The molecule has 2 aromatic rings. The second kappa shape index (κ2) is 5.46. The maximum atomic E-state index is 11.3. The molecule has 0 aliphatic rings. The number of amides is 1. The molecule has 3 N–H and O–H groups in total. The summed E-state index contributed by atoms with van der Waals surface area (Å²) in [6.45, 7) is 0. The van der Waals surface area contributed by atoms with Gasteiger partial charge in [0.05, 0.1) is 5.69 Å². The molecule has 0 aliphatic heterocycles. The van der Waals surface area contributed by atoms with Crippen molar-refractivity contribution < 1.29 is 4.79 Å². The van der Waals surface area contributed by atoms with Crippen molar-refractivity contribution in [3.8, 4) is 0 Å². The molecule has 18 heavy (non-hydrogen) atoms. The van der Waals surface area contributed by atoms with Crippen molar-refractivity contribution in [3.63, 3.8) is 0 Å². The van der Waals surface area contributed by atoms with E-state index in [0.717, 1.165) is 0 Å². The number of carbonyl (C=O) groups excluding carboxylic acids is 1. The van der Waals surface area contributed by atoms with Gasteiger partial charge in [-0.3, -0.25) is 4.79 Å². The van der Waals surface area contributed by atoms with E-state index in [9.17, 15) is 4.79 Å². The lowest BCUT2D eigenvalue weighted by atomic mass is 10.4. The summed E-state index contributed by atoms with van der Waals surface area (Å²) in [6, 6.07) is 6.84. The quantitative estimate of drug-likeness (QED) is 0.854. The van der Waals surface area contributed by atoms with Crippen LogP contribution in [0.5, 0.6) is 0 Å². The van der Waals surface area contributed by atoms with Crippen LogP contribution in [0.15, 0.2) is 40.5 Å². The van der Waals surface area contributed by atoms with Gasteiger partial charge in [-0.05, 0) is 36.0 Å². The number of aromatic nitrogens is 3. The van der Waals surface area contributed by atoms with Crippen LogP contribution in [0.2, 0.25) is 0 Å². The molecule has 2 aromatic heterocycles. The van der Waals surface area contributed by atoms with E-state index in [4.69, 9.17) is 5.73 Å². The van der Waals surface area contributed by atoms with Gasteiger partial charge >= 0.3 is 0 Å². The van der Waals surface area contributed by atoms with E-state index < -0.39 is 0 Å². The third kappa shape index (κ3) is 2.75. The predicted molar refractivity (Wildman–Crippen MR) is 68.2 cm³/mol. The van der Waals surface area contributed by atoms with E-state index >= 15 is 0 Å². The van der Waals surface area contributed by atoms with E-state index in [-0.39, 0.29) is 11.6 Å². The minimum atomic E-state index is -0.267. The van der Waals surface area contributed by atoms with Crippen LogP contribution in [-0.2, 0) is 0 Å². The summed E-state index contributed by atoms with van der Waals surface area (Å²) in [5, 5.41) is 11.5. The average Bonchev–Trinajstić information content (AvgIpc) is 2.41. The number of carbonyl (C=O) groups is 1. The van der Waals surface area contributed by atoms with E-state index in [1.165, 1.54) is 11.8 Å². The van der Waals surface area contributed by atoms with Gasteiger partial charge in [0, 0.05) is 13.2 Å². The van der Waals surface area contributed by atoms with Crippen molar-refractivity contribution in [3.05, 3.63) is 36.2 Å². The maximum absolute atomic E-state index is 11.3. The molecule has 0 aromatic carbocycles. The first-order valence-corrected chi connectivity index (χ1v) is 5.96. The van der Waals surface area contributed by atoms with Gasteiger partial charge < -0.3 is 11.1 Å². The fraction of sp³-hybridized carbons (Fsp3) is 0.0909. The van der Waals surface area contributed by atoms with E-state index in [0.29, 0.717) is 15.7 Å². The Balaban J connectivity index is 2.16. The van der Waals surface area contributed by atoms with Crippen molar-refractivity contribution in [2.45, 2.75) is 10.1 Å². The molecule has 0 radical (unpaired) electrons. The van der Waals surface area contributed by atoms with Crippen molar-refractivity contribution in [1.29, 1.82) is 0 Å². The summed E-state index contributed by atoms with van der Waals surface area (Å²) in [5.41, 5.74) is 6.63. The molecule has 0 fully saturated rings. The molecule has 0 saturated carbocycles. The molecule has 6 nitrogen and oxygen atoms in total. The third-order valence-corrected chi connectivity index (χ3v) is 3.06. The third-order valence-electron chi connectivity index (χ3n) is 2.10. The first-order valence-electron chi connectivity index (χ1n) is 5.15. The number of nitrogens with one attached hydrogen (secondary N) is 1. The van der Waals surface area contributed by atoms with Crippen LogP contribution in [0.25, 0.3) is 0 Å². The molecular weight excluding hydrogens is 250 g/mol. The van der Waals surface area contributed by atoms with Crippen molar-refractivity contribution in [2.24, 2.45) is 0 Å². The molecule has 7 heteroatoms. The second-order valence-electron chi connectivity index (χ2n) is 3.34. The van der Waals surface area contributed by atoms with Crippen LogP contribution in [0.4, 0.5) is 5.69 Å². The van der Waals surface area contributed by atoms with Crippen LogP contribution >= 0.6 is 11.8 Å². The molecule has 0 saturated heterocycles. The largest absolute Gasteiger partial charge is 0.397 e. The van der Waals surface area contributed by atoms with Gasteiger partial charge in [-0.15, -0.1) is 10.2 Å². The number of rotatable bonds is 3. The zero-order valence-corrected chi connectivity index (χ0v) is 10.4. The second-order valence-corrected chi connectivity index (χ2v) is 4.34. The van der Waals surface area contributed by atoms with Crippen molar-refractivity contribution >= 4 is 23.4 Å². The first-order chi connectivity index (χ1) is 8.70. The topological polar surface area (TPSA) is 93.8 Å². The lowest BCUT2D eigenvalue weighted by Gasteiger charge is -2.03. The van der Waals surface area contributed by atoms with Crippen LogP contribution in [-0.4, -0.2) is 28.1 Å². The number of pyridine rings is 1. The Morgan fingerprint density at radius 2 is 2.17 bits per heavy atom. The summed E-state index contributed by atoms with van der Waals surface area (Å²) in [6.07, 6.45) is 1.66. The molecule has 2 rings (SSSR count). The lowest BCUT2D eigenvalue weighted by molar-refractivity contribution is 0.0957. The van der Waals surface area contributed by atoms with Crippen molar-refractivity contribution in [2.75, 3.05) is 12.8 Å². The summed E-state index contributed by atoms with van der Waals surface area (Å²) in [5.74, 6) is -0.267. The monoisotopic (exact) mass is 261 g/mol. The molecule has 0 atom stereocenters. The number of hydrogen-bond acceptors (Lipinski definition) is 6. The average molecular weight is 261 g/mol. The van der Waals surface area contributed by atoms with E-state index in [1.807, 2.05) is 0 Å². The highest BCUT2D eigenvalue weighted by Gasteiger charge is 2.08. The van der Waals surface area contributed by atoms with Gasteiger partial charge in [0.1, 0.15) is 10.1 Å². The normalized spacial score (nSPS) is 10.1. The Morgan fingerprint density at radius 3 is 2.78 bits per heavy atom. The van der Waals surface area contributed by atoms with Crippen LogP contribution < -0.4 is 11.1 Å². The molecule has 92 valence electrons. The van der Waals surface area contributed by atoms with E-state index in [1.54, 1.807) is 37.5 Å². The zero-order valence-electron chi connectivity index (χ0n) is 9.62. The van der Waals surface area contributed by atoms with Crippen molar-refractivity contribution in [1.82, 2.24) is 20.5 Å². The highest BCUT2D eigenvalue weighted by Crippen LogP contribution is 2.27. The standard InChI is InChI=1S/C11H11N5OS/c1-13-10(17)8-4-5-9(16-15-8)18-11-7(12)3-2-6-14-11/h2-6H,12H2,1H3,(H,13,17). The highest BCUT2D eigenvalue weighted by molar-refractivity contribution is 7.99. The molecule has 1 amide bonds. The fourth-order valence-corrected chi connectivity index (χ4v) is 1.93. The Labute approximate surface area is 108 Å². The Hall–Kier alpha value is -2.15. The molecular formula is C11H11N5OS. The molecule has 2 heterocycles. The summed E-state index contributed by atoms with van der Waals surface area (Å²) in [4.78, 5) is 15.4. The van der Waals surface area contributed by atoms with Gasteiger partial charge in [0.2, 0.25) is 0 Å². The number of nitrogens with zero attached hydrogens (tertiary/aromatic N) is 3. The Morgan fingerprint density at radius 1 is 1.33 bits per heavy atom. The number of nitrogens with two attached hydrogens (primary N) is 1. The van der Waals surface area contributed by atoms with Gasteiger partial charge in [0.15, 0.2) is 5.69 Å². The molecule has 0 unspecified atom stereocenters. The van der Waals surface area contributed by atoms with Gasteiger partial charge in [-0.1, -0.05) is 0 Å². The fourth-order valence-electron chi connectivity index (χ4n) is 1.21. The predicted octanol–water partition coefficient (Wildman–Crippen LogP) is 0.965. The van der Waals surface area contributed by atoms with Crippen LogP contribution in [0.3, 0.4) is 0 Å². The van der Waals surface area contributed by atoms with E-state index in [2.05, 4.69) is 20.5 Å². The minimum absolute atomic E-state index is 0.267. The molecule has 0 aliphatic carbocycles. The SMILES string of the molecule is CNC(=O)c1ccc(Sc2ncccc2N)nn1. The number of nitrogen functional groups attached to an aromatic ring is 1. The molecule has 0 spiro atoms. The minimum Gasteiger partial charge on any atom is -0.397 e. The highest BCUT2D eigenvalue weighted by atomic mass is 32.2. The first kappa shape index (κ1) is 12.3. The van der Waals surface area contributed by atoms with Gasteiger partial charge in [-0.2, -0.15) is 0 Å². The number of hydrogen-bond donors (Lipinski definition) is 2. The Bertz CT molecular complexity index is 558. The summed E-state index contributed by atoms with van der Waals surface area (Å²) in [7, 11) is 1.54. The van der Waals surface area contributed by atoms with Crippen LogP contribution in [0, 0.1) is 0 Å².